The van der Waals surface area contributed by atoms with E-state index >= 15 is 0 Å². The van der Waals surface area contributed by atoms with E-state index in [0.717, 1.165) is 0 Å². The number of nitriles is 1. The van der Waals surface area contributed by atoms with Crippen LogP contribution in [0.1, 0.15) is 10.4 Å². The lowest BCUT2D eigenvalue weighted by atomic mass is 10.1. The molecule has 0 aliphatic carbocycles. The van der Waals surface area contributed by atoms with Crippen molar-refractivity contribution >= 4 is 40.4 Å². The van der Waals surface area contributed by atoms with Crippen LogP contribution in [-0.2, 0) is 0 Å². The Morgan fingerprint density at radius 2 is 1.76 bits per heavy atom. The summed E-state index contributed by atoms with van der Waals surface area (Å²) < 4.78 is 0. The van der Waals surface area contributed by atoms with Gasteiger partial charge in [0.25, 0.3) is 0 Å². The molecule has 0 fully saturated rings. The largest absolute Gasteiger partial charge is 0.286 e. The molecule has 4 nitrogen and oxygen atoms in total. The van der Waals surface area contributed by atoms with Crippen LogP contribution < -0.4 is 5.43 Å². The maximum absolute atomic E-state index is 12.2. The van der Waals surface area contributed by atoms with E-state index in [-0.39, 0.29) is 16.3 Å². The van der Waals surface area contributed by atoms with Crippen LogP contribution in [0, 0.1) is 11.3 Å². The summed E-state index contributed by atoms with van der Waals surface area (Å²) >= 11 is 11.7. The summed E-state index contributed by atoms with van der Waals surface area (Å²) in [6.45, 7) is 0. The summed E-state index contributed by atoms with van der Waals surface area (Å²) in [5.41, 5.74) is 3.20. The minimum absolute atomic E-state index is 0.234. The van der Waals surface area contributed by atoms with Gasteiger partial charge in [0, 0.05) is 10.6 Å². The van der Waals surface area contributed by atoms with Crippen LogP contribution in [0.5, 0.6) is 0 Å². The third-order valence-corrected chi connectivity index (χ3v) is 3.16. The smallest absolute Gasteiger partial charge is 0.225 e. The quantitative estimate of drug-likeness (QED) is 0.523. The molecule has 2 rings (SSSR count). The van der Waals surface area contributed by atoms with Crippen molar-refractivity contribution in [3.63, 3.8) is 0 Å². The Morgan fingerprint density at radius 3 is 2.38 bits per heavy atom. The number of hydrogen-bond acceptors (Lipinski definition) is 4. The number of hydrogen-bond donors (Lipinski definition) is 1. The first-order valence-corrected chi connectivity index (χ1v) is 6.66. The van der Waals surface area contributed by atoms with Crippen molar-refractivity contribution in [1.29, 1.82) is 5.26 Å². The molecule has 1 N–H and O–H groups in total. The SMILES string of the molecule is N#CC(=NNc1ccc(Cl)cc1)C(=O)c1ccccc1Cl. The molecule has 0 aliphatic heterocycles. The number of anilines is 1. The van der Waals surface area contributed by atoms with Crippen molar-refractivity contribution in [3.05, 3.63) is 64.1 Å². The van der Waals surface area contributed by atoms with E-state index in [2.05, 4.69) is 10.5 Å². The maximum Gasteiger partial charge on any atom is 0.225 e. The van der Waals surface area contributed by atoms with Crippen LogP contribution in [0.2, 0.25) is 10.0 Å². The molecule has 0 atom stereocenters. The van der Waals surface area contributed by atoms with E-state index in [1.54, 1.807) is 54.6 Å². The number of benzene rings is 2. The number of Topliss-reactive ketones (excluding diaryl/α,β-unsaturated/α-hetero) is 1. The van der Waals surface area contributed by atoms with E-state index in [4.69, 9.17) is 28.5 Å². The van der Waals surface area contributed by atoms with Crippen LogP contribution in [0.4, 0.5) is 5.69 Å². The fourth-order valence-corrected chi connectivity index (χ4v) is 1.89. The van der Waals surface area contributed by atoms with Crippen LogP contribution in [0.15, 0.2) is 53.6 Å². The highest BCUT2D eigenvalue weighted by Crippen LogP contribution is 2.17. The molecule has 6 heteroatoms. The summed E-state index contributed by atoms with van der Waals surface area (Å²) in [5.74, 6) is -0.537. The number of carbonyl (C=O) groups is 1. The summed E-state index contributed by atoms with van der Waals surface area (Å²) in [6.07, 6.45) is 0. The van der Waals surface area contributed by atoms with Gasteiger partial charge in [0.05, 0.1) is 10.7 Å². The molecule has 0 saturated carbocycles. The Bertz CT molecular complexity index is 733. The van der Waals surface area contributed by atoms with Crippen molar-refractivity contribution in [3.8, 4) is 6.07 Å². The molecule has 2 aromatic carbocycles. The van der Waals surface area contributed by atoms with Crippen LogP contribution in [-0.4, -0.2) is 11.5 Å². The first kappa shape index (κ1) is 15.0. The molecule has 0 bridgehead atoms. The zero-order valence-electron chi connectivity index (χ0n) is 10.7. The Kier molecular flexibility index (Phi) is 4.94. The predicted molar refractivity (Wildman–Crippen MR) is 83.9 cm³/mol. The van der Waals surface area contributed by atoms with Crippen molar-refractivity contribution in [2.24, 2.45) is 5.10 Å². The highest BCUT2D eigenvalue weighted by atomic mass is 35.5. The summed E-state index contributed by atoms with van der Waals surface area (Å²) in [5, 5.41) is 13.7. The lowest BCUT2D eigenvalue weighted by Gasteiger charge is -2.03. The monoisotopic (exact) mass is 317 g/mol. The van der Waals surface area contributed by atoms with Gasteiger partial charge in [-0.2, -0.15) is 10.4 Å². The van der Waals surface area contributed by atoms with E-state index in [9.17, 15) is 4.79 Å². The molecule has 2 aromatic rings. The fourth-order valence-electron chi connectivity index (χ4n) is 1.54. The second kappa shape index (κ2) is 6.89. The molecular weight excluding hydrogens is 309 g/mol. The zero-order chi connectivity index (χ0) is 15.2. The van der Waals surface area contributed by atoms with Crippen LogP contribution in [0.25, 0.3) is 0 Å². The number of ketones is 1. The molecule has 21 heavy (non-hydrogen) atoms. The summed E-state index contributed by atoms with van der Waals surface area (Å²) in [6, 6.07) is 15.0. The third kappa shape index (κ3) is 3.82. The molecule has 0 saturated heterocycles. The van der Waals surface area contributed by atoms with Gasteiger partial charge < -0.3 is 0 Å². The van der Waals surface area contributed by atoms with E-state index in [0.29, 0.717) is 10.7 Å². The van der Waals surface area contributed by atoms with Crippen molar-refractivity contribution < 1.29 is 4.79 Å². The number of halogens is 2. The number of carbonyl (C=O) groups excluding carboxylic acids is 1. The van der Waals surface area contributed by atoms with Gasteiger partial charge in [-0.1, -0.05) is 35.3 Å². The standard InChI is InChI=1S/C15H9Cl2N3O/c16-10-5-7-11(8-6-10)19-20-14(9-18)15(21)12-3-1-2-4-13(12)17/h1-8,19H. The number of nitrogens with zero attached hydrogens (tertiary/aromatic N) is 2. The Labute approximate surface area is 131 Å². The van der Waals surface area contributed by atoms with E-state index in [1.165, 1.54) is 0 Å². The minimum Gasteiger partial charge on any atom is -0.286 e. The van der Waals surface area contributed by atoms with E-state index in [1.807, 2.05) is 0 Å². The highest BCUT2D eigenvalue weighted by Gasteiger charge is 2.16. The molecule has 104 valence electrons. The lowest BCUT2D eigenvalue weighted by molar-refractivity contribution is 0.106. The average molecular weight is 318 g/mol. The van der Waals surface area contributed by atoms with Crippen LogP contribution >= 0.6 is 23.2 Å². The second-order valence-corrected chi connectivity index (χ2v) is 4.84. The Hall–Kier alpha value is -2.35. The molecule has 0 radical (unpaired) electrons. The van der Waals surface area contributed by atoms with E-state index < -0.39 is 5.78 Å². The number of nitrogens with one attached hydrogen (secondary N) is 1. The van der Waals surface area contributed by atoms with Crippen LogP contribution in [0.3, 0.4) is 0 Å². The third-order valence-electron chi connectivity index (χ3n) is 2.58. The molecule has 0 spiro atoms. The molecule has 0 heterocycles. The van der Waals surface area contributed by atoms with Crippen molar-refractivity contribution in [2.75, 3.05) is 5.43 Å². The average Bonchev–Trinajstić information content (AvgIpc) is 2.50. The molecule has 0 unspecified atom stereocenters. The lowest BCUT2D eigenvalue weighted by Crippen LogP contribution is -2.14. The van der Waals surface area contributed by atoms with Gasteiger partial charge >= 0.3 is 0 Å². The Morgan fingerprint density at radius 1 is 1.10 bits per heavy atom. The fraction of sp³-hybridized carbons (Fsp3) is 0. The van der Waals surface area contributed by atoms with Gasteiger partial charge in [-0.3, -0.25) is 10.2 Å². The van der Waals surface area contributed by atoms with Gasteiger partial charge in [-0.25, -0.2) is 0 Å². The summed E-state index contributed by atoms with van der Waals surface area (Å²) in [4.78, 5) is 12.2. The molecule has 0 amide bonds. The van der Waals surface area contributed by atoms with Gasteiger partial charge in [0.1, 0.15) is 6.07 Å². The zero-order valence-corrected chi connectivity index (χ0v) is 12.2. The molecule has 0 aliphatic rings. The predicted octanol–water partition coefficient (Wildman–Crippen LogP) is 4.17. The van der Waals surface area contributed by atoms with Gasteiger partial charge in [-0.05, 0) is 36.4 Å². The van der Waals surface area contributed by atoms with Gasteiger partial charge in [0.15, 0.2) is 0 Å². The Balaban J connectivity index is 2.22. The number of hydrazone groups is 1. The number of rotatable bonds is 4. The first-order valence-electron chi connectivity index (χ1n) is 5.90. The molecule has 0 aromatic heterocycles. The summed E-state index contributed by atoms with van der Waals surface area (Å²) in [7, 11) is 0. The maximum atomic E-state index is 12.2. The topological polar surface area (TPSA) is 65.2 Å². The highest BCUT2D eigenvalue weighted by molar-refractivity contribution is 6.53. The molecular formula is C15H9Cl2N3O. The van der Waals surface area contributed by atoms with Crippen molar-refractivity contribution in [1.82, 2.24) is 0 Å². The normalized spacial score (nSPS) is 10.8. The first-order chi connectivity index (χ1) is 10.1. The minimum atomic E-state index is -0.537. The van der Waals surface area contributed by atoms with Gasteiger partial charge in [0.2, 0.25) is 11.5 Å². The van der Waals surface area contributed by atoms with Crippen molar-refractivity contribution in [2.45, 2.75) is 0 Å². The van der Waals surface area contributed by atoms with Gasteiger partial charge in [-0.15, -0.1) is 0 Å². The second-order valence-electron chi connectivity index (χ2n) is 4.00.